The third-order valence-electron chi connectivity index (χ3n) is 4.64. The van der Waals surface area contributed by atoms with Gasteiger partial charge in [0.25, 0.3) is 0 Å². The monoisotopic (exact) mass is 376 g/mol. The first-order valence-electron chi connectivity index (χ1n) is 10.4. The Bertz CT molecular complexity index is 484. The van der Waals surface area contributed by atoms with Crippen LogP contribution in [0.5, 0.6) is 0 Å². The molecule has 0 bridgehead atoms. The molecular weight excluding hydrogens is 340 g/mol. The first-order valence-corrected chi connectivity index (χ1v) is 11.4. The van der Waals surface area contributed by atoms with Gasteiger partial charge in [-0.15, -0.1) is 0 Å². The van der Waals surface area contributed by atoms with Gasteiger partial charge in [0.1, 0.15) is 5.78 Å². The maximum Gasteiger partial charge on any atom is 0.196 e. The zero-order valence-electron chi connectivity index (χ0n) is 16.5. The van der Waals surface area contributed by atoms with E-state index < -0.39 is 0 Å². The van der Waals surface area contributed by atoms with Crippen molar-refractivity contribution in [3.63, 3.8) is 0 Å². The van der Waals surface area contributed by atoms with Crippen LogP contribution >= 0.6 is 11.8 Å². The first kappa shape index (κ1) is 23.0. The second-order valence-electron chi connectivity index (χ2n) is 7.10. The Kier molecular flexibility index (Phi) is 14.2. The van der Waals surface area contributed by atoms with E-state index in [9.17, 15) is 9.59 Å². The van der Waals surface area contributed by atoms with Crippen LogP contribution in [0.2, 0.25) is 0 Å². The minimum Gasteiger partial charge on any atom is -0.299 e. The molecule has 0 aliphatic carbocycles. The molecule has 1 aromatic carbocycles. The molecule has 0 atom stereocenters. The number of carbonyl (C=O) groups is 2. The molecule has 0 aromatic heterocycles. The Morgan fingerprint density at radius 2 is 1.38 bits per heavy atom. The molecule has 3 heteroatoms. The van der Waals surface area contributed by atoms with Gasteiger partial charge in [0.2, 0.25) is 0 Å². The summed E-state index contributed by atoms with van der Waals surface area (Å²) in [7, 11) is 0. The number of thioether (sulfide) groups is 1. The van der Waals surface area contributed by atoms with Gasteiger partial charge in [0.05, 0.1) is 6.42 Å². The number of benzene rings is 1. The van der Waals surface area contributed by atoms with Crippen LogP contribution in [-0.4, -0.2) is 16.7 Å². The molecule has 0 saturated heterocycles. The topological polar surface area (TPSA) is 34.1 Å². The van der Waals surface area contributed by atoms with E-state index in [1.54, 1.807) is 0 Å². The van der Waals surface area contributed by atoms with Crippen LogP contribution in [0.1, 0.15) is 89.5 Å². The van der Waals surface area contributed by atoms with E-state index in [2.05, 4.69) is 6.92 Å². The molecule has 0 aliphatic heterocycles. The minimum atomic E-state index is 0.0407. The van der Waals surface area contributed by atoms with Gasteiger partial charge in [0, 0.05) is 12.2 Å². The molecule has 0 amide bonds. The molecule has 0 N–H and O–H groups in total. The lowest BCUT2D eigenvalue weighted by Crippen LogP contribution is -2.06. The van der Waals surface area contributed by atoms with E-state index in [-0.39, 0.29) is 17.3 Å². The Balaban J connectivity index is 1.91. The van der Waals surface area contributed by atoms with Crippen molar-refractivity contribution in [2.24, 2.45) is 0 Å². The van der Waals surface area contributed by atoms with E-state index in [0.717, 1.165) is 24.2 Å². The third kappa shape index (κ3) is 13.2. The average Bonchev–Trinajstić information content (AvgIpc) is 2.65. The summed E-state index contributed by atoms with van der Waals surface area (Å²) in [5.41, 5.74) is 1.16. The smallest absolute Gasteiger partial charge is 0.196 e. The van der Waals surface area contributed by atoms with Crippen molar-refractivity contribution in [3.8, 4) is 0 Å². The van der Waals surface area contributed by atoms with Crippen molar-refractivity contribution in [1.29, 1.82) is 0 Å². The Morgan fingerprint density at radius 1 is 0.808 bits per heavy atom. The molecule has 0 unspecified atom stereocenters. The minimum absolute atomic E-state index is 0.0407. The van der Waals surface area contributed by atoms with Gasteiger partial charge >= 0.3 is 0 Å². The van der Waals surface area contributed by atoms with Crippen molar-refractivity contribution in [3.05, 3.63) is 35.9 Å². The summed E-state index contributed by atoms with van der Waals surface area (Å²) in [6.07, 6.45) is 14.4. The maximum absolute atomic E-state index is 11.9. The van der Waals surface area contributed by atoms with Gasteiger partial charge < -0.3 is 0 Å². The summed E-state index contributed by atoms with van der Waals surface area (Å²) >= 11 is 1.34. The third-order valence-corrected chi connectivity index (χ3v) is 5.60. The zero-order valence-corrected chi connectivity index (χ0v) is 17.3. The van der Waals surface area contributed by atoms with Crippen molar-refractivity contribution in [2.75, 3.05) is 5.75 Å². The second kappa shape index (κ2) is 16.1. The molecule has 1 rings (SSSR count). The highest BCUT2D eigenvalue weighted by Gasteiger charge is 2.10. The molecule has 1 aromatic rings. The summed E-state index contributed by atoms with van der Waals surface area (Å²) < 4.78 is 0. The lowest BCUT2D eigenvalue weighted by atomic mass is 10.1. The molecule has 0 heterocycles. The number of Topliss-reactive ketones (excluding diaryl/α,β-unsaturated/α-hetero) is 1. The van der Waals surface area contributed by atoms with Crippen LogP contribution in [0.4, 0.5) is 0 Å². The van der Waals surface area contributed by atoms with Crippen molar-refractivity contribution in [2.45, 2.75) is 90.4 Å². The van der Waals surface area contributed by atoms with E-state index in [4.69, 9.17) is 0 Å². The second-order valence-corrected chi connectivity index (χ2v) is 8.26. The van der Waals surface area contributed by atoms with Crippen LogP contribution in [-0.2, 0) is 16.0 Å². The lowest BCUT2D eigenvalue weighted by molar-refractivity contribution is -0.123. The fourth-order valence-electron chi connectivity index (χ4n) is 3.00. The summed E-state index contributed by atoms with van der Waals surface area (Å²) in [5, 5.41) is 0.0407. The highest BCUT2D eigenvalue weighted by atomic mass is 32.2. The highest BCUT2D eigenvalue weighted by molar-refractivity contribution is 8.13. The van der Waals surface area contributed by atoms with Gasteiger partial charge in [-0.25, -0.2) is 0 Å². The summed E-state index contributed by atoms with van der Waals surface area (Å²) in [6.45, 7) is 2.25. The fraction of sp³-hybridized carbons (Fsp3) is 0.652. The molecule has 0 spiro atoms. The largest absolute Gasteiger partial charge is 0.299 e. The lowest BCUT2D eigenvalue weighted by Gasteiger charge is -2.03. The maximum atomic E-state index is 11.9. The molecule has 146 valence electrons. The Hall–Kier alpha value is -1.09. The Morgan fingerprint density at radius 3 is 2.00 bits per heavy atom. The number of ketones is 1. The SMILES string of the molecule is CCCCCCCCCCCCSC(=O)CC(=O)CCc1ccccc1. The standard InChI is InChI=1S/C23H36O2S/c1-2-3-4-5-6-7-8-9-10-14-19-26-23(25)20-22(24)18-17-21-15-12-11-13-16-21/h11-13,15-16H,2-10,14,17-20H2,1H3. The molecule has 0 fully saturated rings. The van der Waals surface area contributed by atoms with Crippen LogP contribution in [0.25, 0.3) is 0 Å². The summed E-state index contributed by atoms with van der Waals surface area (Å²) in [5.74, 6) is 0.927. The molecule has 2 nitrogen and oxygen atoms in total. The molecular formula is C23H36O2S. The number of unbranched alkanes of at least 4 members (excludes halogenated alkanes) is 9. The van der Waals surface area contributed by atoms with E-state index in [1.165, 1.54) is 69.5 Å². The zero-order chi connectivity index (χ0) is 18.9. The van der Waals surface area contributed by atoms with Crippen molar-refractivity contribution < 1.29 is 9.59 Å². The van der Waals surface area contributed by atoms with E-state index in [0.29, 0.717) is 6.42 Å². The number of hydrogen-bond acceptors (Lipinski definition) is 3. The predicted molar refractivity (Wildman–Crippen MR) is 114 cm³/mol. The molecule has 0 saturated carbocycles. The molecule has 26 heavy (non-hydrogen) atoms. The van der Waals surface area contributed by atoms with Crippen LogP contribution in [0, 0.1) is 0 Å². The van der Waals surface area contributed by atoms with Crippen LogP contribution in [0.15, 0.2) is 30.3 Å². The number of rotatable bonds is 16. The molecule has 0 aliphatic rings. The normalized spacial score (nSPS) is 10.8. The predicted octanol–water partition coefficient (Wildman–Crippen LogP) is 6.76. The van der Waals surface area contributed by atoms with Gasteiger partial charge in [-0.3, -0.25) is 9.59 Å². The van der Waals surface area contributed by atoms with E-state index >= 15 is 0 Å². The van der Waals surface area contributed by atoms with E-state index in [1.807, 2.05) is 30.3 Å². The van der Waals surface area contributed by atoms with Gasteiger partial charge in [-0.05, 0) is 18.4 Å². The number of aryl methyl sites for hydroxylation is 1. The van der Waals surface area contributed by atoms with Gasteiger partial charge in [-0.1, -0.05) is 107 Å². The van der Waals surface area contributed by atoms with Crippen LogP contribution < -0.4 is 0 Å². The summed E-state index contributed by atoms with van der Waals surface area (Å²) in [6, 6.07) is 9.98. The fourth-order valence-corrected chi connectivity index (χ4v) is 3.84. The number of hydrogen-bond donors (Lipinski definition) is 0. The summed E-state index contributed by atoms with van der Waals surface area (Å²) in [4.78, 5) is 23.8. The average molecular weight is 377 g/mol. The highest BCUT2D eigenvalue weighted by Crippen LogP contribution is 2.14. The van der Waals surface area contributed by atoms with Gasteiger partial charge in [-0.2, -0.15) is 0 Å². The van der Waals surface area contributed by atoms with Crippen molar-refractivity contribution in [1.82, 2.24) is 0 Å². The number of carbonyl (C=O) groups excluding carboxylic acids is 2. The van der Waals surface area contributed by atoms with Crippen molar-refractivity contribution >= 4 is 22.7 Å². The van der Waals surface area contributed by atoms with Crippen LogP contribution in [0.3, 0.4) is 0 Å². The first-order chi connectivity index (χ1) is 12.7. The Labute approximate surface area is 164 Å². The molecule has 0 radical (unpaired) electrons. The quantitative estimate of drug-likeness (QED) is 0.236. The van der Waals surface area contributed by atoms with Gasteiger partial charge in [0.15, 0.2) is 5.12 Å².